The number of carbonyl (C=O) groups is 2. The first kappa shape index (κ1) is 19.6. The molecule has 1 aliphatic heterocycles. The average Bonchev–Trinajstić information content (AvgIpc) is 2.72. The maximum atomic E-state index is 13.1. The van der Waals surface area contributed by atoms with Crippen LogP contribution in [0, 0.1) is 0 Å². The molecule has 3 rings (SSSR count). The minimum absolute atomic E-state index is 0.180. The molecule has 0 aliphatic carbocycles. The first-order valence-corrected chi connectivity index (χ1v) is 10.0. The fourth-order valence-electron chi connectivity index (χ4n) is 2.97. The molecule has 1 fully saturated rings. The lowest BCUT2D eigenvalue weighted by atomic mass is 10.1. The van der Waals surface area contributed by atoms with Gasteiger partial charge in [0, 0.05) is 23.7 Å². The standard InChI is InChI=1S/C21H20BrClN2O2/c22-18(15-9-11-17(23)12-10-15)19(21(27)25-13-5-2-6-14-25)24-20(26)16-7-3-1-4-8-16/h1,3-4,7-12H,2,5-6,13-14H2,(H,24,26)/b19-18-. The zero-order valence-electron chi connectivity index (χ0n) is 14.8. The van der Waals surface area contributed by atoms with Gasteiger partial charge in [0.15, 0.2) is 0 Å². The number of halogens is 2. The highest BCUT2D eigenvalue weighted by Gasteiger charge is 2.25. The lowest BCUT2D eigenvalue weighted by molar-refractivity contribution is -0.128. The van der Waals surface area contributed by atoms with E-state index >= 15 is 0 Å². The van der Waals surface area contributed by atoms with Crippen LogP contribution in [-0.2, 0) is 4.79 Å². The molecule has 0 unspecified atom stereocenters. The molecule has 140 valence electrons. The van der Waals surface area contributed by atoms with Crippen molar-refractivity contribution < 1.29 is 9.59 Å². The molecule has 0 aromatic heterocycles. The van der Waals surface area contributed by atoms with Crippen molar-refractivity contribution in [2.45, 2.75) is 19.3 Å². The minimum Gasteiger partial charge on any atom is -0.337 e. The Labute approximate surface area is 172 Å². The van der Waals surface area contributed by atoms with Crippen molar-refractivity contribution in [2.24, 2.45) is 0 Å². The fraction of sp³-hybridized carbons (Fsp3) is 0.238. The van der Waals surface area contributed by atoms with E-state index in [0.717, 1.165) is 24.8 Å². The number of hydrogen-bond acceptors (Lipinski definition) is 2. The first-order chi connectivity index (χ1) is 13.1. The van der Waals surface area contributed by atoms with Gasteiger partial charge in [0.1, 0.15) is 5.70 Å². The van der Waals surface area contributed by atoms with E-state index in [2.05, 4.69) is 21.2 Å². The molecule has 0 spiro atoms. The van der Waals surface area contributed by atoms with Gasteiger partial charge in [-0.15, -0.1) is 0 Å². The number of nitrogens with one attached hydrogen (secondary N) is 1. The van der Waals surface area contributed by atoms with Crippen molar-refractivity contribution in [3.8, 4) is 0 Å². The van der Waals surface area contributed by atoms with Crippen molar-refractivity contribution in [1.82, 2.24) is 10.2 Å². The monoisotopic (exact) mass is 446 g/mol. The largest absolute Gasteiger partial charge is 0.337 e. The zero-order valence-corrected chi connectivity index (χ0v) is 17.1. The van der Waals surface area contributed by atoms with Crippen LogP contribution in [0.25, 0.3) is 4.48 Å². The molecule has 0 atom stereocenters. The molecule has 0 radical (unpaired) electrons. The van der Waals surface area contributed by atoms with Crippen molar-refractivity contribution in [3.63, 3.8) is 0 Å². The van der Waals surface area contributed by atoms with Crippen molar-refractivity contribution in [2.75, 3.05) is 13.1 Å². The Bertz CT molecular complexity index is 844. The Hall–Kier alpha value is -2.11. The second-order valence-corrected chi connectivity index (χ2v) is 7.60. The van der Waals surface area contributed by atoms with Gasteiger partial charge >= 0.3 is 0 Å². The Morgan fingerprint density at radius 1 is 0.889 bits per heavy atom. The molecule has 4 nitrogen and oxygen atoms in total. The normalized spacial score (nSPS) is 15.1. The summed E-state index contributed by atoms with van der Waals surface area (Å²) in [5.74, 6) is -0.498. The summed E-state index contributed by atoms with van der Waals surface area (Å²) in [7, 11) is 0. The SMILES string of the molecule is O=C(N/C(C(=O)N1CCCCC1)=C(\Br)c1ccc(Cl)cc1)c1ccccc1. The molecule has 27 heavy (non-hydrogen) atoms. The van der Waals surface area contributed by atoms with Gasteiger partial charge in [-0.1, -0.05) is 41.9 Å². The predicted octanol–water partition coefficient (Wildman–Crippen LogP) is 4.85. The summed E-state index contributed by atoms with van der Waals surface area (Å²) in [4.78, 5) is 27.6. The molecule has 2 aromatic rings. The van der Waals surface area contributed by atoms with Crippen LogP contribution in [0.3, 0.4) is 0 Å². The molecule has 0 bridgehead atoms. The fourth-order valence-corrected chi connectivity index (χ4v) is 3.63. The van der Waals surface area contributed by atoms with Crippen molar-refractivity contribution in [1.29, 1.82) is 0 Å². The minimum atomic E-state index is -0.318. The van der Waals surface area contributed by atoms with Crippen LogP contribution in [0.1, 0.15) is 35.2 Å². The molecule has 1 N–H and O–H groups in total. The van der Waals surface area contributed by atoms with Crippen LogP contribution < -0.4 is 5.32 Å². The molecule has 1 heterocycles. The van der Waals surface area contributed by atoms with Gasteiger partial charge in [0.2, 0.25) is 0 Å². The number of rotatable bonds is 4. The molecule has 1 saturated heterocycles. The van der Waals surface area contributed by atoms with Crippen LogP contribution >= 0.6 is 27.5 Å². The Morgan fingerprint density at radius 2 is 1.52 bits per heavy atom. The predicted molar refractivity (Wildman–Crippen MR) is 112 cm³/mol. The zero-order chi connectivity index (χ0) is 19.2. The molecule has 6 heteroatoms. The summed E-state index contributed by atoms with van der Waals surface area (Å²) in [5, 5.41) is 3.42. The van der Waals surface area contributed by atoms with Crippen LogP contribution in [0.4, 0.5) is 0 Å². The maximum absolute atomic E-state index is 13.1. The maximum Gasteiger partial charge on any atom is 0.271 e. The van der Waals surface area contributed by atoms with Crippen LogP contribution in [0.15, 0.2) is 60.3 Å². The van der Waals surface area contributed by atoms with E-state index in [-0.39, 0.29) is 17.5 Å². The molecule has 2 aromatic carbocycles. The van der Waals surface area contributed by atoms with Gasteiger partial charge in [-0.2, -0.15) is 0 Å². The molecular formula is C21H20BrClN2O2. The summed E-state index contributed by atoms with van der Waals surface area (Å²) in [5.41, 5.74) is 1.51. The van der Waals surface area contributed by atoms with E-state index in [0.29, 0.717) is 28.2 Å². The first-order valence-electron chi connectivity index (χ1n) is 8.87. The third-order valence-corrected chi connectivity index (χ3v) is 5.56. The summed E-state index contributed by atoms with van der Waals surface area (Å²) < 4.78 is 0.541. The molecule has 1 aliphatic rings. The van der Waals surface area contributed by atoms with Crippen molar-refractivity contribution >= 4 is 43.8 Å². The highest BCUT2D eigenvalue weighted by molar-refractivity contribution is 9.15. The third kappa shape index (κ3) is 4.99. The topological polar surface area (TPSA) is 49.4 Å². The smallest absolute Gasteiger partial charge is 0.271 e. The Kier molecular flexibility index (Phi) is 6.69. The second kappa shape index (κ2) is 9.20. The number of piperidine rings is 1. The highest BCUT2D eigenvalue weighted by Crippen LogP contribution is 2.27. The lowest BCUT2D eigenvalue weighted by Crippen LogP contribution is -2.41. The summed E-state index contributed by atoms with van der Waals surface area (Å²) in [6, 6.07) is 16.0. The number of carbonyl (C=O) groups excluding carboxylic acids is 2. The van der Waals surface area contributed by atoms with E-state index in [9.17, 15) is 9.59 Å². The van der Waals surface area contributed by atoms with Gasteiger partial charge in [-0.05, 0) is 65.0 Å². The lowest BCUT2D eigenvalue weighted by Gasteiger charge is -2.28. The van der Waals surface area contributed by atoms with Crippen molar-refractivity contribution in [3.05, 3.63) is 76.4 Å². The number of amides is 2. The van der Waals surface area contributed by atoms with Crippen LogP contribution in [0.5, 0.6) is 0 Å². The number of likely N-dealkylation sites (tertiary alicyclic amines) is 1. The summed E-state index contributed by atoms with van der Waals surface area (Å²) >= 11 is 9.49. The van der Waals surface area contributed by atoms with Crippen LogP contribution in [-0.4, -0.2) is 29.8 Å². The van der Waals surface area contributed by atoms with E-state index in [1.807, 2.05) is 18.2 Å². The van der Waals surface area contributed by atoms with Gasteiger partial charge in [0.05, 0.1) is 4.48 Å². The average molecular weight is 448 g/mol. The van der Waals surface area contributed by atoms with Gasteiger partial charge in [0.25, 0.3) is 11.8 Å². The number of hydrogen-bond donors (Lipinski definition) is 1. The quantitative estimate of drug-likeness (QED) is 0.681. The van der Waals surface area contributed by atoms with Crippen LogP contribution in [0.2, 0.25) is 5.02 Å². The number of nitrogens with zero attached hydrogens (tertiary/aromatic N) is 1. The summed E-state index contributed by atoms with van der Waals surface area (Å²) in [6.45, 7) is 1.40. The summed E-state index contributed by atoms with van der Waals surface area (Å²) in [6.07, 6.45) is 3.08. The molecule has 2 amide bonds. The van der Waals surface area contributed by atoms with Gasteiger partial charge in [-0.25, -0.2) is 0 Å². The van der Waals surface area contributed by atoms with Gasteiger partial charge in [-0.3, -0.25) is 9.59 Å². The molecule has 0 saturated carbocycles. The van der Waals surface area contributed by atoms with E-state index in [4.69, 9.17) is 11.6 Å². The Balaban J connectivity index is 1.94. The Morgan fingerprint density at radius 3 is 2.15 bits per heavy atom. The van der Waals surface area contributed by atoms with E-state index in [1.165, 1.54) is 0 Å². The van der Waals surface area contributed by atoms with E-state index < -0.39 is 0 Å². The van der Waals surface area contributed by atoms with Gasteiger partial charge < -0.3 is 10.2 Å². The highest BCUT2D eigenvalue weighted by atomic mass is 79.9. The number of benzene rings is 2. The molecular weight excluding hydrogens is 428 g/mol. The van der Waals surface area contributed by atoms with E-state index in [1.54, 1.807) is 41.3 Å². The third-order valence-electron chi connectivity index (χ3n) is 4.45. The second-order valence-electron chi connectivity index (χ2n) is 6.37.